The van der Waals surface area contributed by atoms with Gasteiger partial charge in [-0.2, -0.15) is 0 Å². The molecule has 1 aromatic heterocycles. The lowest BCUT2D eigenvalue weighted by atomic mass is 10.0. The molecule has 23 heavy (non-hydrogen) atoms. The smallest absolute Gasteiger partial charge is 0.328 e. The molecular formula is C15H11ClN2O4S. The molecule has 0 unspecified atom stereocenters. The van der Waals surface area contributed by atoms with E-state index in [4.69, 9.17) is 16.0 Å². The maximum absolute atomic E-state index is 11.7. The van der Waals surface area contributed by atoms with Crippen molar-refractivity contribution in [1.82, 2.24) is 10.6 Å². The first-order valence-corrected chi connectivity index (χ1v) is 7.88. The number of benzene rings is 1. The molecule has 1 aromatic carbocycles. The number of carbonyl (C=O) groups is 3. The van der Waals surface area contributed by atoms with Crippen molar-refractivity contribution in [2.75, 3.05) is 0 Å². The number of hydrogen-bond donors (Lipinski definition) is 2. The number of halogens is 1. The molecule has 0 atom stereocenters. The Hall–Kier alpha value is -2.25. The fraction of sp³-hybridized carbons (Fsp3) is 0.133. The van der Waals surface area contributed by atoms with Gasteiger partial charge in [-0.1, -0.05) is 23.4 Å². The largest absolute Gasteiger partial charge is 0.454 e. The third kappa shape index (κ3) is 3.75. The van der Waals surface area contributed by atoms with Crippen LogP contribution in [-0.4, -0.2) is 17.8 Å². The minimum Gasteiger partial charge on any atom is -0.454 e. The van der Waals surface area contributed by atoms with E-state index in [9.17, 15) is 14.4 Å². The Balaban J connectivity index is 1.67. The Kier molecular flexibility index (Phi) is 4.40. The van der Waals surface area contributed by atoms with Crippen molar-refractivity contribution in [2.24, 2.45) is 5.92 Å². The predicted octanol–water partition coefficient (Wildman–Crippen LogP) is 2.61. The molecule has 4 amide bonds. The van der Waals surface area contributed by atoms with Crippen molar-refractivity contribution in [2.45, 2.75) is 16.4 Å². The minimum absolute atomic E-state index is 0.0894. The summed E-state index contributed by atoms with van der Waals surface area (Å²) in [5.41, 5.74) is 0. The van der Waals surface area contributed by atoms with Gasteiger partial charge in [0.05, 0.1) is 0 Å². The lowest BCUT2D eigenvalue weighted by molar-refractivity contribution is -0.135. The number of nitrogens with one attached hydrogen (secondary N) is 2. The van der Waals surface area contributed by atoms with Gasteiger partial charge in [0.2, 0.25) is 11.8 Å². The molecule has 2 N–H and O–H groups in total. The van der Waals surface area contributed by atoms with Gasteiger partial charge in [0.1, 0.15) is 11.7 Å². The first-order valence-electron chi connectivity index (χ1n) is 6.69. The van der Waals surface area contributed by atoms with E-state index in [2.05, 4.69) is 10.6 Å². The molecule has 0 bridgehead atoms. The molecule has 6 nitrogen and oxygen atoms in total. The molecule has 0 radical (unpaired) electrons. The summed E-state index contributed by atoms with van der Waals surface area (Å²) in [6.07, 6.45) is 0.0894. The first-order chi connectivity index (χ1) is 11.0. The zero-order valence-corrected chi connectivity index (χ0v) is 13.2. The molecule has 2 heterocycles. The number of furan rings is 1. The summed E-state index contributed by atoms with van der Waals surface area (Å²) in [7, 11) is 0. The van der Waals surface area contributed by atoms with Crippen LogP contribution in [0.5, 0.6) is 0 Å². The molecule has 0 spiro atoms. The molecule has 3 rings (SSSR count). The third-order valence-electron chi connectivity index (χ3n) is 3.18. The number of rotatable bonds is 4. The third-order valence-corrected chi connectivity index (χ3v) is 4.36. The van der Waals surface area contributed by atoms with Crippen molar-refractivity contribution < 1.29 is 18.8 Å². The van der Waals surface area contributed by atoms with Crippen molar-refractivity contribution in [1.29, 1.82) is 0 Å². The summed E-state index contributed by atoms with van der Waals surface area (Å²) in [5, 5.41) is 5.41. The van der Waals surface area contributed by atoms with E-state index in [-0.39, 0.29) is 6.42 Å². The van der Waals surface area contributed by atoms with Crippen molar-refractivity contribution in [3.05, 3.63) is 47.2 Å². The monoisotopic (exact) mass is 350 g/mol. The van der Waals surface area contributed by atoms with Crippen LogP contribution >= 0.6 is 23.4 Å². The molecule has 8 heteroatoms. The number of amides is 4. The summed E-state index contributed by atoms with van der Waals surface area (Å²) >= 11 is 7.23. The zero-order valence-electron chi connectivity index (χ0n) is 11.7. The van der Waals surface area contributed by atoms with Gasteiger partial charge < -0.3 is 4.42 Å². The Bertz CT molecular complexity index is 752. The van der Waals surface area contributed by atoms with Crippen molar-refractivity contribution in [3.8, 4) is 0 Å². The normalized spacial score (nSPS) is 15.4. The lowest BCUT2D eigenvalue weighted by Gasteiger charge is -2.19. The fourth-order valence-corrected chi connectivity index (χ4v) is 2.99. The Morgan fingerprint density at radius 2 is 1.65 bits per heavy atom. The molecular weight excluding hydrogens is 340 g/mol. The average Bonchev–Trinajstić information content (AvgIpc) is 2.93. The summed E-state index contributed by atoms with van der Waals surface area (Å²) in [6, 6.07) is 9.96. The minimum atomic E-state index is -0.979. The van der Waals surface area contributed by atoms with Gasteiger partial charge in [-0.3, -0.25) is 20.2 Å². The number of hydrogen-bond acceptors (Lipinski definition) is 5. The van der Waals surface area contributed by atoms with Crippen LogP contribution in [0, 0.1) is 5.92 Å². The highest BCUT2D eigenvalue weighted by atomic mass is 35.5. The van der Waals surface area contributed by atoms with Crippen LogP contribution in [0.25, 0.3) is 0 Å². The molecule has 1 saturated heterocycles. The average molecular weight is 351 g/mol. The summed E-state index contributed by atoms with van der Waals surface area (Å²) in [4.78, 5) is 35.4. The number of barbiturate groups is 1. The molecule has 1 fully saturated rings. The second kappa shape index (κ2) is 6.47. The highest BCUT2D eigenvalue weighted by Gasteiger charge is 2.34. The second-order valence-corrected chi connectivity index (χ2v) is 6.36. The van der Waals surface area contributed by atoms with Gasteiger partial charge in [0, 0.05) is 16.3 Å². The van der Waals surface area contributed by atoms with Crippen molar-refractivity contribution >= 4 is 41.2 Å². The Labute approximate surface area is 140 Å². The molecule has 118 valence electrons. The van der Waals surface area contributed by atoms with Crippen LogP contribution in [0.3, 0.4) is 0 Å². The van der Waals surface area contributed by atoms with Gasteiger partial charge in [-0.15, -0.1) is 0 Å². The topological polar surface area (TPSA) is 88.4 Å². The van der Waals surface area contributed by atoms with E-state index in [0.29, 0.717) is 15.9 Å². The maximum Gasteiger partial charge on any atom is 0.328 e. The number of urea groups is 1. The number of imide groups is 2. The van der Waals surface area contributed by atoms with E-state index in [1.165, 1.54) is 11.8 Å². The maximum atomic E-state index is 11.7. The summed E-state index contributed by atoms with van der Waals surface area (Å²) < 4.78 is 5.63. The standard InChI is InChI=1S/C15H11ClN2O4S/c16-8-1-4-10(5-2-8)23-12-6-3-9(22-12)7-11-13(19)17-15(21)18-14(11)20/h1-6,11H,7H2,(H2,17,18,19,20,21). The number of carbonyl (C=O) groups excluding carboxylic acids is 3. The Morgan fingerprint density at radius 3 is 2.30 bits per heavy atom. The first kappa shape index (κ1) is 15.6. The molecule has 0 aliphatic carbocycles. The molecule has 1 aliphatic heterocycles. The van der Waals surface area contributed by atoms with Gasteiger partial charge in [-0.05, 0) is 36.4 Å². The summed E-state index contributed by atoms with van der Waals surface area (Å²) in [5.74, 6) is -1.73. The summed E-state index contributed by atoms with van der Waals surface area (Å²) in [6.45, 7) is 0. The van der Waals surface area contributed by atoms with E-state index >= 15 is 0 Å². The van der Waals surface area contributed by atoms with Gasteiger partial charge in [0.25, 0.3) is 0 Å². The van der Waals surface area contributed by atoms with Crippen LogP contribution in [0.1, 0.15) is 5.76 Å². The van der Waals surface area contributed by atoms with Gasteiger partial charge >= 0.3 is 6.03 Å². The van der Waals surface area contributed by atoms with Crippen molar-refractivity contribution in [3.63, 3.8) is 0 Å². The SMILES string of the molecule is O=C1NC(=O)C(Cc2ccc(Sc3ccc(Cl)cc3)o2)C(=O)N1. The van der Waals surface area contributed by atoms with E-state index < -0.39 is 23.8 Å². The van der Waals surface area contributed by atoms with E-state index in [0.717, 1.165) is 4.90 Å². The van der Waals surface area contributed by atoms with Crippen LogP contribution in [-0.2, 0) is 16.0 Å². The van der Waals surface area contributed by atoms with Gasteiger partial charge in [-0.25, -0.2) is 4.79 Å². The highest BCUT2D eigenvalue weighted by molar-refractivity contribution is 7.99. The molecule has 0 saturated carbocycles. The van der Waals surface area contributed by atoms with Crippen LogP contribution in [0.2, 0.25) is 5.02 Å². The van der Waals surface area contributed by atoms with E-state index in [1.807, 2.05) is 12.1 Å². The van der Waals surface area contributed by atoms with Crippen LogP contribution in [0.15, 0.2) is 50.8 Å². The highest BCUT2D eigenvalue weighted by Crippen LogP contribution is 2.30. The fourth-order valence-electron chi connectivity index (χ4n) is 2.08. The predicted molar refractivity (Wildman–Crippen MR) is 83.2 cm³/mol. The van der Waals surface area contributed by atoms with Gasteiger partial charge in [0.15, 0.2) is 5.09 Å². The quantitative estimate of drug-likeness (QED) is 0.827. The zero-order chi connectivity index (χ0) is 16.4. The molecule has 2 aromatic rings. The second-order valence-electron chi connectivity index (χ2n) is 4.84. The molecule has 1 aliphatic rings. The lowest BCUT2D eigenvalue weighted by Crippen LogP contribution is -2.56. The van der Waals surface area contributed by atoms with Crippen LogP contribution in [0.4, 0.5) is 4.79 Å². The Morgan fingerprint density at radius 1 is 1.00 bits per heavy atom. The van der Waals surface area contributed by atoms with Crippen LogP contribution < -0.4 is 10.6 Å². The van der Waals surface area contributed by atoms with E-state index in [1.54, 1.807) is 24.3 Å².